The Bertz CT molecular complexity index is 528. The highest BCUT2D eigenvalue weighted by Crippen LogP contribution is 2.37. The highest BCUT2D eigenvalue weighted by molar-refractivity contribution is 6.31. The number of nitrogens with zero attached hydrogens (tertiary/aromatic N) is 2. The van der Waals surface area contributed by atoms with Gasteiger partial charge in [-0.2, -0.15) is 0 Å². The summed E-state index contributed by atoms with van der Waals surface area (Å²) >= 11 is 6.37. The minimum Gasteiger partial charge on any atom is -0.376 e. The van der Waals surface area contributed by atoms with E-state index < -0.39 is 0 Å². The number of halogens is 1. The zero-order valence-electron chi connectivity index (χ0n) is 11.7. The van der Waals surface area contributed by atoms with Crippen LogP contribution < -0.4 is 5.73 Å². The first-order chi connectivity index (χ1) is 9.61. The van der Waals surface area contributed by atoms with Crippen molar-refractivity contribution in [2.24, 2.45) is 10.7 Å². The van der Waals surface area contributed by atoms with Crippen LogP contribution in [0, 0.1) is 0 Å². The van der Waals surface area contributed by atoms with Gasteiger partial charge in [-0.15, -0.1) is 0 Å². The number of benzene rings is 1. The topological polar surface area (TPSA) is 50.8 Å². The van der Waals surface area contributed by atoms with E-state index in [9.17, 15) is 0 Å². The van der Waals surface area contributed by atoms with Crippen molar-refractivity contribution in [3.8, 4) is 0 Å². The third-order valence-corrected chi connectivity index (χ3v) is 4.62. The summed E-state index contributed by atoms with van der Waals surface area (Å²) < 4.78 is 5.74. The molecule has 1 aromatic rings. The molecule has 2 aliphatic rings. The molecule has 1 aromatic carbocycles. The molecule has 0 bridgehead atoms. The van der Waals surface area contributed by atoms with E-state index in [1.807, 2.05) is 18.2 Å². The monoisotopic (exact) mass is 293 g/mol. The lowest BCUT2D eigenvalue weighted by atomic mass is 9.90. The molecular weight excluding hydrogens is 274 g/mol. The number of hydrogen-bond donors (Lipinski definition) is 1. The van der Waals surface area contributed by atoms with Crippen LogP contribution in [0.4, 0.5) is 0 Å². The Balaban J connectivity index is 1.89. The minimum absolute atomic E-state index is 0.240. The molecule has 0 radical (unpaired) electrons. The van der Waals surface area contributed by atoms with Crippen molar-refractivity contribution in [3.05, 3.63) is 34.9 Å². The molecule has 1 fully saturated rings. The molecule has 5 heteroatoms. The van der Waals surface area contributed by atoms with Crippen molar-refractivity contribution in [2.45, 2.75) is 31.4 Å². The van der Waals surface area contributed by atoms with Crippen LogP contribution in [-0.4, -0.2) is 36.7 Å². The summed E-state index contributed by atoms with van der Waals surface area (Å²) in [5, 5.41) is 0.761. The molecule has 3 rings (SSSR count). The molecule has 0 saturated carbocycles. The number of nitrogens with two attached hydrogens (primary N) is 1. The Labute approximate surface area is 124 Å². The molecule has 4 nitrogen and oxygen atoms in total. The highest BCUT2D eigenvalue weighted by Gasteiger charge is 2.42. The van der Waals surface area contributed by atoms with Gasteiger partial charge in [0.25, 0.3) is 0 Å². The van der Waals surface area contributed by atoms with Crippen LogP contribution in [0.2, 0.25) is 5.02 Å². The summed E-state index contributed by atoms with van der Waals surface area (Å²) in [6.45, 7) is 4.40. The third-order valence-electron chi connectivity index (χ3n) is 4.29. The van der Waals surface area contributed by atoms with Gasteiger partial charge in [-0.25, -0.2) is 0 Å². The molecule has 20 heavy (non-hydrogen) atoms. The Morgan fingerprint density at radius 2 is 2.30 bits per heavy atom. The van der Waals surface area contributed by atoms with E-state index in [1.165, 1.54) is 0 Å². The Morgan fingerprint density at radius 1 is 1.50 bits per heavy atom. The lowest BCUT2D eigenvalue weighted by Gasteiger charge is -2.38. The van der Waals surface area contributed by atoms with E-state index in [1.54, 1.807) is 0 Å². The van der Waals surface area contributed by atoms with Gasteiger partial charge in [-0.05, 0) is 31.4 Å². The van der Waals surface area contributed by atoms with Gasteiger partial charge in [0.15, 0.2) is 5.96 Å². The molecule has 108 valence electrons. The standard InChI is InChI=1S/C15H20ClN3O/c1-15(12-6-2-3-7-13(12)16)10-18-14(17)19(15)9-11-5-4-8-20-11/h2-3,6-7,11H,4-5,8-10H2,1H3,(H2,17,18). The maximum absolute atomic E-state index is 6.37. The maximum atomic E-state index is 6.37. The molecule has 1 saturated heterocycles. The highest BCUT2D eigenvalue weighted by atomic mass is 35.5. The average Bonchev–Trinajstić information content (AvgIpc) is 3.04. The lowest BCUT2D eigenvalue weighted by Crippen LogP contribution is -2.50. The van der Waals surface area contributed by atoms with Crippen LogP contribution >= 0.6 is 11.6 Å². The normalized spacial score (nSPS) is 29.8. The summed E-state index contributed by atoms with van der Waals surface area (Å²) in [7, 11) is 0. The Hall–Kier alpha value is -1.26. The van der Waals surface area contributed by atoms with Gasteiger partial charge in [0, 0.05) is 18.2 Å². The van der Waals surface area contributed by atoms with Gasteiger partial charge in [-0.3, -0.25) is 4.99 Å². The first-order valence-electron chi connectivity index (χ1n) is 7.05. The van der Waals surface area contributed by atoms with Crippen LogP contribution in [0.3, 0.4) is 0 Å². The van der Waals surface area contributed by atoms with E-state index in [0.29, 0.717) is 12.5 Å². The SMILES string of the molecule is CC1(c2ccccc2Cl)CN=C(N)N1CC1CCCO1. The number of rotatable bonds is 3. The molecule has 0 aliphatic carbocycles. The van der Waals surface area contributed by atoms with Crippen LogP contribution in [0.1, 0.15) is 25.3 Å². The number of ether oxygens (including phenoxy) is 1. The van der Waals surface area contributed by atoms with Crippen LogP contribution in [0.5, 0.6) is 0 Å². The number of aliphatic imine (C=N–C) groups is 1. The summed E-state index contributed by atoms with van der Waals surface area (Å²) in [5.74, 6) is 0.586. The Kier molecular flexibility index (Phi) is 3.61. The van der Waals surface area contributed by atoms with Crippen molar-refractivity contribution in [2.75, 3.05) is 19.7 Å². The van der Waals surface area contributed by atoms with Gasteiger partial charge < -0.3 is 15.4 Å². The summed E-state index contributed by atoms with van der Waals surface area (Å²) in [4.78, 5) is 6.58. The van der Waals surface area contributed by atoms with Crippen LogP contribution in [0.25, 0.3) is 0 Å². The fourth-order valence-electron chi connectivity index (χ4n) is 3.07. The number of guanidine groups is 1. The molecule has 2 aliphatic heterocycles. The molecule has 0 spiro atoms. The Morgan fingerprint density at radius 3 is 3.00 bits per heavy atom. The summed E-state index contributed by atoms with van der Waals surface area (Å²) in [6.07, 6.45) is 2.45. The van der Waals surface area contributed by atoms with Crippen molar-refractivity contribution in [1.29, 1.82) is 0 Å². The predicted molar refractivity (Wildman–Crippen MR) is 81.0 cm³/mol. The molecular formula is C15H20ClN3O. The molecule has 0 amide bonds. The first-order valence-corrected chi connectivity index (χ1v) is 7.43. The smallest absolute Gasteiger partial charge is 0.192 e. The first kappa shape index (κ1) is 13.7. The largest absolute Gasteiger partial charge is 0.376 e. The predicted octanol–water partition coefficient (Wildman–Crippen LogP) is 2.36. The van der Waals surface area contributed by atoms with Crippen LogP contribution in [0.15, 0.2) is 29.3 Å². The molecule has 2 heterocycles. The van der Waals surface area contributed by atoms with Gasteiger partial charge in [0.05, 0.1) is 18.2 Å². The number of hydrogen-bond acceptors (Lipinski definition) is 4. The average molecular weight is 294 g/mol. The van der Waals surface area contributed by atoms with Crippen LogP contribution in [-0.2, 0) is 10.3 Å². The zero-order valence-corrected chi connectivity index (χ0v) is 12.4. The van der Waals surface area contributed by atoms with E-state index in [-0.39, 0.29) is 11.6 Å². The van der Waals surface area contributed by atoms with E-state index in [0.717, 1.165) is 36.6 Å². The molecule has 2 N–H and O–H groups in total. The van der Waals surface area contributed by atoms with Crippen molar-refractivity contribution in [3.63, 3.8) is 0 Å². The second-order valence-electron chi connectivity index (χ2n) is 5.67. The van der Waals surface area contributed by atoms with Gasteiger partial charge in [-0.1, -0.05) is 29.8 Å². The van der Waals surface area contributed by atoms with Gasteiger partial charge >= 0.3 is 0 Å². The zero-order chi connectivity index (χ0) is 14.2. The maximum Gasteiger partial charge on any atom is 0.192 e. The molecule has 2 atom stereocenters. The van der Waals surface area contributed by atoms with Crippen molar-refractivity contribution >= 4 is 17.6 Å². The summed E-state index contributed by atoms with van der Waals surface area (Å²) in [6, 6.07) is 7.92. The van der Waals surface area contributed by atoms with E-state index in [2.05, 4.69) is 22.9 Å². The fraction of sp³-hybridized carbons (Fsp3) is 0.533. The second kappa shape index (κ2) is 5.26. The fourth-order valence-corrected chi connectivity index (χ4v) is 3.41. The molecule has 0 aromatic heterocycles. The minimum atomic E-state index is -0.283. The van der Waals surface area contributed by atoms with E-state index in [4.69, 9.17) is 22.1 Å². The second-order valence-corrected chi connectivity index (χ2v) is 6.08. The van der Waals surface area contributed by atoms with Crippen molar-refractivity contribution < 1.29 is 4.74 Å². The molecule has 2 unspecified atom stereocenters. The lowest BCUT2D eigenvalue weighted by molar-refractivity contribution is 0.0690. The van der Waals surface area contributed by atoms with Crippen molar-refractivity contribution in [1.82, 2.24) is 4.90 Å². The van der Waals surface area contributed by atoms with E-state index >= 15 is 0 Å². The summed E-state index contributed by atoms with van der Waals surface area (Å²) in [5.41, 5.74) is 6.89. The van der Waals surface area contributed by atoms with Gasteiger partial charge in [0.1, 0.15) is 0 Å². The quantitative estimate of drug-likeness (QED) is 0.931. The van der Waals surface area contributed by atoms with Gasteiger partial charge in [0.2, 0.25) is 0 Å². The third kappa shape index (κ3) is 2.27.